The Balaban J connectivity index is 1.98. The molecule has 0 saturated carbocycles. The van der Waals surface area contributed by atoms with Crippen LogP contribution in [0.25, 0.3) is 0 Å². The fourth-order valence-corrected chi connectivity index (χ4v) is 1.94. The highest BCUT2D eigenvalue weighted by Crippen LogP contribution is 2.12. The largest absolute Gasteiger partial charge is 0.497 e. The third-order valence-electron chi connectivity index (χ3n) is 3.06. The van der Waals surface area contributed by atoms with Gasteiger partial charge in [0.05, 0.1) is 7.11 Å². The van der Waals surface area contributed by atoms with Crippen molar-refractivity contribution in [1.29, 1.82) is 0 Å². The highest BCUT2D eigenvalue weighted by molar-refractivity contribution is 5.27. The van der Waals surface area contributed by atoms with Gasteiger partial charge in [-0.1, -0.05) is 26.0 Å². The Morgan fingerprint density at radius 2 is 1.68 bits per heavy atom. The lowest BCUT2D eigenvalue weighted by Crippen LogP contribution is -2.27. The first-order valence-corrected chi connectivity index (χ1v) is 7.29. The van der Waals surface area contributed by atoms with Crippen molar-refractivity contribution < 1.29 is 4.74 Å². The average Bonchev–Trinajstić information content (AvgIpc) is 2.42. The molecule has 19 heavy (non-hydrogen) atoms. The van der Waals surface area contributed by atoms with Crippen molar-refractivity contribution >= 4 is 0 Å². The van der Waals surface area contributed by atoms with Gasteiger partial charge in [0, 0.05) is 6.04 Å². The van der Waals surface area contributed by atoms with Gasteiger partial charge in [0.15, 0.2) is 0 Å². The number of methoxy groups -OCH3 is 1. The van der Waals surface area contributed by atoms with Crippen LogP contribution in [-0.2, 0) is 6.42 Å². The summed E-state index contributed by atoms with van der Waals surface area (Å²) in [7, 11) is 1.70. The van der Waals surface area contributed by atoms with Gasteiger partial charge in [0.1, 0.15) is 5.75 Å². The van der Waals surface area contributed by atoms with E-state index in [0.717, 1.165) is 31.8 Å². The molecule has 1 aromatic carbocycles. The summed E-state index contributed by atoms with van der Waals surface area (Å²) in [6, 6.07) is 8.94. The molecule has 108 valence electrons. The lowest BCUT2D eigenvalue weighted by molar-refractivity contribution is 0.414. The summed E-state index contributed by atoms with van der Waals surface area (Å²) in [5, 5.41) is 6.91. The highest BCUT2D eigenvalue weighted by Gasteiger charge is 1.95. The Labute approximate surface area is 117 Å². The van der Waals surface area contributed by atoms with Gasteiger partial charge in [-0.25, -0.2) is 0 Å². The van der Waals surface area contributed by atoms with Crippen molar-refractivity contribution in [2.75, 3.05) is 26.7 Å². The summed E-state index contributed by atoms with van der Waals surface area (Å²) in [5.74, 6) is 0.930. The summed E-state index contributed by atoms with van der Waals surface area (Å²) >= 11 is 0. The normalized spacial score (nSPS) is 10.9. The van der Waals surface area contributed by atoms with Crippen LogP contribution in [0.15, 0.2) is 24.3 Å². The average molecular weight is 264 g/mol. The van der Waals surface area contributed by atoms with E-state index in [1.54, 1.807) is 7.11 Å². The molecule has 0 aliphatic carbocycles. The number of ether oxygens (including phenoxy) is 1. The van der Waals surface area contributed by atoms with Gasteiger partial charge in [-0.15, -0.1) is 0 Å². The van der Waals surface area contributed by atoms with Crippen molar-refractivity contribution in [2.45, 2.75) is 39.2 Å². The standard InChI is InChI=1S/C16H28N2O/c1-14(2)18-13-5-12-17-11-4-6-15-7-9-16(19-3)10-8-15/h7-10,14,17-18H,4-6,11-13H2,1-3H3. The first-order valence-electron chi connectivity index (χ1n) is 7.29. The van der Waals surface area contributed by atoms with Crippen molar-refractivity contribution in [2.24, 2.45) is 0 Å². The van der Waals surface area contributed by atoms with Crippen molar-refractivity contribution in [3.05, 3.63) is 29.8 Å². The molecule has 0 saturated heterocycles. The maximum atomic E-state index is 5.15. The predicted molar refractivity (Wildman–Crippen MR) is 81.9 cm³/mol. The fourth-order valence-electron chi connectivity index (χ4n) is 1.94. The fraction of sp³-hybridized carbons (Fsp3) is 0.625. The number of benzene rings is 1. The Morgan fingerprint density at radius 3 is 2.32 bits per heavy atom. The van der Waals surface area contributed by atoms with E-state index < -0.39 is 0 Å². The first kappa shape index (κ1) is 16.0. The first-order chi connectivity index (χ1) is 9.22. The molecule has 3 heteroatoms. The molecule has 0 spiro atoms. The van der Waals surface area contributed by atoms with E-state index in [1.807, 2.05) is 12.1 Å². The van der Waals surface area contributed by atoms with E-state index in [1.165, 1.54) is 18.4 Å². The molecule has 0 radical (unpaired) electrons. The molecule has 0 amide bonds. The van der Waals surface area contributed by atoms with E-state index in [-0.39, 0.29) is 0 Å². The van der Waals surface area contributed by atoms with Gasteiger partial charge in [0.25, 0.3) is 0 Å². The van der Waals surface area contributed by atoms with Gasteiger partial charge < -0.3 is 15.4 Å². The number of hydrogen-bond acceptors (Lipinski definition) is 3. The Bertz CT molecular complexity index is 322. The van der Waals surface area contributed by atoms with Crippen LogP contribution >= 0.6 is 0 Å². The lowest BCUT2D eigenvalue weighted by Gasteiger charge is -2.08. The number of rotatable bonds is 10. The third-order valence-corrected chi connectivity index (χ3v) is 3.06. The second-order valence-corrected chi connectivity index (χ2v) is 5.16. The van der Waals surface area contributed by atoms with E-state index in [2.05, 4.69) is 36.6 Å². The van der Waals surface area contributed by atoms with Crippen molar-refractivity contribution in [3.8, 4) is 5.75 Å². The van der Waals surface area contributed by atoms with Crippen LogP contribution in [0.5, 0.6) is 5.75 Å². The molecule has 0 aliphatic rings. The maximum Gasteiger partial charge on any atom is 0.118 e. The minimum atomic E-state index is 0.593. The van der Waals surface area contributed by atoms with Gasteiger partial charge in [-0.05, 0) is 56.6 Å². The molecule has 2 N–H and O–H groups in total. The van der Waals surface area contributed by atoms with Gasteiger partial charge in [0.2, 0.25) is 0 Å². The second-order valence-electron chi connectivity index (χ2n) is 5.16. The van der Waals surface area contributed by atoms with Crippen LogP contribution in [0, 0.1) is 0 Å². The maximum absolute atomic E-state index is 5.15. The van der Waals surface area contributed by atoms with E-state index in [9.17, 15) is 0 Å². The smallest absolute Gasteiger partial charge is 0.118 e. The second kappa shape index (κ2) is 9.82. The number of hydrogen-bond donors (Lipinski definition) is 2. The monoisotopic (exact) mass is 264 g/mol. The van der Waals surface area contributed by atoms with E-state index >= 15 is 0 Å². The topological polar surface area (TPSA) is 33.3 Å². The number of aryl methyl sites for hydroxylation is 1. The Hall–Kier alpha value is -1.06. The van der Waals surface area contributed by atoms with Crippen molar-refractivity contribution in [3.63, 3.8) is 0 Å². The molecule has 0 bridgehead atoms. The molecular formula is C16H28N2O. The molecule has 0 fully saturated rings. The molecule has 0 aromatic heterocycles. The quantitative estimate of drug-likeness (QED) is 0.637. The summed E-state index contributed by atoms with van der Waals surface area (Å²) in [6.07, 6.45) is 3.51. The summed E-state index contributed by atoms with van der Waals surface area (Å²) in [4.78, 5) is 0. The van der Waals surface area contributed by atoms with Crippen LogP contribution < -0.4 is 15.4 Å². The molecular weight excluding hydrogens is 236 g/mol. The van der Waals surface area contributed by atoms with Gasteiger partial charge >= 0.3 is 0 Å². The minimum Gasteiger partial charge on any atom is -0.497 e. The lowest BCUT2D eigenvalue weighted by atomic mass is 10.1. The molecule has 1 aromatic rings. The van der Waals surface area contributed by atoms with Crippen LogP contribution in [0.1, 0.15) is 32.3 Å². The molecule has 0 heterocycles. The summed E-state index contributed by atoms with van der Waals surface area (Å²) in [5.41, 5.74) is 1.38. The third kappa shape index (κ3) is 7.85. The van der Waals surface area contributed by atoms with E-state index in [4.69, 9.17) is 4.74 Å². The molecule has 3 nitrogen and oxygen atoms in total. The molecule has 0 unspecified atom stereocenters. The SMILES string of the molecule is COc1ccc(CCCNCCCNC(C)C)cc1. The van der Waals surface area contributed by atoms with Crippen LogP contribution in [0.4, 0.5) is 0 Å². The van der Waals surface area contributed by atoms with Gasteiger partial charge in [-0.3, -0.25) is 0 Å². The zero-order valence-corrected chi connectivity index (χ0v) is 12.5. The minimum absolute atomic E-state index is 0.593. The highest BCUT2D eigenvalue weighted by atomic mass is 16.5. The zero-order chi connectivity index (χ0) is 13.9. The Morgan fingerprint density at radius 1 is 1.00 bits per heavy atom. The summed E-state index contributed by atoms with van der Waals surface area (Å²) < 4.78 is 5.15. The van der Waals surface area contributed by atoms with Crippen LogP contribution in [0.3, 0.4) is 0 Å². The molecule has 0 aliphatic heterocycles. The predicted octanol–water partition coefficient (Wildman–Crippen LogP) is 2.61. The van der Waals surface area contributed by atoms with Gasteiger partial charge in [-0.2, -0.15) is 0 Å². The molecule has 0 atom stereocenters. The van der Waals surface area contributed by atoms with Crippen LogP contribution in [-0.4, -0.2) is 32.8 Å². The zero-order valence-electron chi connectivity index (χ0n) is 12.5. The summed E-state index contributed by atoms with van der Waals surface area (Å²) in [6.45, 7) is 7.66. The Kier molecular flexibility index (Phi) is 8.26. The van der Waals surface area contributed by atoms with E-state index in [0.29, 0.717) is 6.04 Å². The van der Waals surface area contributed by atoms with Crippen molar-refractivity contribution in [1.82, 2.24) is 10.6 Å². The van der Waals surface area contributed by atoms with Crippen LogP contribution in [0.2, 0.25) is 0 Å². The molecule has 1 rings (SSSR count). The number of nitrogens with one attached hydrogen (secondary N) is 2.